The first-order valence-electron chi connectivity index (χ1n) is 7.88. The van der Waals surface area contributed by atoms with Crippen LogP contribution in [0.25, 0.3) is 0 Å². The van der Waals surface area contributed by atoms with Crippen LogP contribution in [0, 0.1) is 5.41 Å². The lowest BCUT2D eigenvalue weighted by Gasteiger charge is -2.34. The Morgan fingerprint density at radius 3 is 2.74 bits per heavy atom. The third-order valence-electron chi connectivity index (χ3n) is 4.57. The van der Waals surface area contributed by atoms with Gasteiger partial charge < -0.3 is 10.6 Å². The molecule has 1 amide bonds. The van der Waals surface area contributed by atoms with Gasteiger partial charge in [-0.1, -0.05) is 26.2 Å². The summed E-state index contributed by atoms with van der Waals surface area (Å²) in [6.45, 7) is 7.86. The maximum absolute atomic E-state index is 12.0. The maximum atomic E-state index is 12.0. The normalized spacial score (nSPS) is 24.7. The van der Waals surface area contributed by atoms with Gasteiger partial charge in [-0.25, -0.2) is 0 Å². The summed E-state index contributed by atoms with van der Waals surface area (Å²) in [4.78, 5) is 14.3. The van der Waals surface area contributed by atoms with Crippen LogP contribution in [0.5, 0.6) is 0 Å². The average Bonchev–Trinajstić information content (AvgIpc) is 2.66. The monoisotopic (exact) mass is 267 g/mol. The lowest BCUT2D eigenvalue weighted by atomic mass is 9.76. The van der Waals surface area contributed by atoms with Crippen molar-refractivity contribution >= 4 is 5.91 Å². The number of carbonyl (C=O) groups excluding carboxylic acids is 1. The standard InChI is InChI=1S/C15H29N3O/c1-15(6-3-2-4-7-15)13-17-14(19)12-18-10-5-8-16-9-11-18/h16H,2-13H2,1H3,(H,17,19). The van der Waals surface area contributed by atoms with E-state index >= 15 is 0 Å². The number of hydrogen-bond acceptors (Lipinski definition) is 3. The van der Waals surface area contributed by atoms with Crippen molar-refractivity contribution < 1.29 is 4.79 Å². The molecular formula is C15H29N3O. The lowest BCUT2D eigenvalue weighted by Crippen LogP contribution is -2.43. The van der Waals surface area contributed by atoms with Crippen molar-refractivity contribution in [1.82, 2.24) is 15.5 Å². The largest absolute Gasteiger partial charge is 0.354 e. The van der Waals surface area contributed by atoms with Crippen LogP contribution >= 0.6 is 0 Å². The van der Waals surface area contributed by atoms with Gasteiger partial charge in [-0.05, 0) is 37.8 Å². The highest BCUT2D eigenvalue weighted by atomic mass is 16.2. The van der Waals surface area contributed by atoms with Crippen molar-refractivity contribution in [2.45, 2.75) is 45.4 Å². The summed E-state index contributed by atoms with van der Waals surface area (Å²) in [6.07, 6.45) is 7.69. The molecule has 0 atom stereocenters. The highest BCUT2D eigenvalue weighted by molar-refractivity contribution is 5.78. The van der Waals surface area contributed by atoms with Crippen LogP contribution in [0.2, 0.25) is 0 Å². The van der Waals surface area contributed by atoms with Gasteiger partial charge in [0.05, 0.1) is 6.54 Å². The van der Waals surface area contributed by atoms with E-state index in [4.69, 9.17) is 0 Å². The second kappa shape index (κ2) is 7.25. The van der Waals surface area contributed by atoms with E-state index in [1.54, 1.807) is 0 Å². The summed E-state index contributed by atoms with van der Waals surface area (Å²) in [5.41, 5.74) is 0.342. The van der Waals surface area contributed by atoms with E-state index in [9.17, 15) is 4.79 Å². The molecule has 2 fully saturated rings. The minimum absolute atomic E-state index is 0.202. The molecule has 0 aromatic rings. The molecule has 4 nitrogen and oxygen atoms in total. The van der Waals surface area contributed by atoms with Crippen molar-refractivity contribution in [1.29, 1.82) is 0 Å². The minimum Gasteiger partial charge on any atom is -0.354 e. The van der Waals surface area contributed by atoms with Crippen LogP contribution in [-0.2, 0) is 4.79 Å². The van der Waals surface area contributed by atoms with Crippen molar-refractivity contribution in [2.75, 3.05) is 39.3 Å². The van der Waals surface area contributed by atoms with Crippen LogP contribution in [0.3, 0.4) is 0 Å². The summed E-state index contributed by atoms with van der Waals surface area (Å²) in [6, 6.07) is 0. The fourth-order valence-corrected chi connectivity index (χ4v) is 3.21. The summed E-state index contributed by atoms with van der Waals surface area (Å²) in [7, 11) is 0. The van der Waals surface area contributed by atoms with Gasteiger partial charge in [0, 0.05) is 19.6 Å². The zero-order chi connectivity index (χ0) is 13.6. The fraction of sp³-hybridized carbons (Fsp3) is 0.933. The number of nitrogens with one attached hydrogen (secondary N) is 2. The average molecular weight is 267 g/mol. The number of carbonyl (C=O) groups is 1. The summed E-state index contributed by atoms with van der Waals surface area (Å²) < 4.78 is 0. The molecule has 2 aliphatic rings. The topological polar surface area (TPSA) is 44.4 Å². The third kappa shape index (κ3) is 5.11. The molecule has 0 radical (unpaired) electrons. The molecule has 0 spiro atoms. The Balaban J connectivity index is 1.68. The molecule has 4 heteroatoms. The Bertz CT molecular complexity index is 279. The van der Waals surface area contributed by atoms with Crippen molar-refractivity contribution in [3.05, 3.63) is 0 Å². The second-order valence-corrected chi connectivity index (χ2v) is 6.53. The molecule has 1 heterocycles. The molecule has 0 aromatic heterocycles. The van der Waals surface area contributed by atoms with E-state index in [2.05, 4.69) is 22.5 Å². The molecule has 1 aliphatic carbocycles. The number of rotatable bonds is 4. The molecule has 0 bridgehead atoms. The quantitative estimate of drug-likeness (QED) is 0.808. The van der Waals surface area contributed by atoms with Gasteiger partial charge in [-0.2, -0.15) is 0 Å². The van der Waals surface area contributed by atoms with E-state index in [1.807, 2.05) is 0 Å². The molecule has 1 aliphatic heterocycles. The Labute approximate surface area is 117 Å². The van der Waals surface area contributed by atoms with Crippen molar-refractivity contribution in [3.63, 3.8) is 0 Å². The predicted octanol–water partition coefficient (Wildman–Crippen LogP) is 1.37. The second-order valence-electron chi connectivity index (χ2n) is 6.53. The van der Waals surface area contributed by atoms with Gasteiger partial charge in [0.25, 0.3) is 0 Å². The first kappa shape index (κ1) is 14.8. The number of nitrogens with zero attached hydrogens (tertiary/aromatic N) is 1. The SMILES string of the molecule is CC1(CNC(=O)CN2CCCNCC2)CCCCC1. The summed E-state index contributed by atoms with van der Waals surface area (Å²) in [5.74, 6) is 0.202. The summed E-state index contributed by atoms with van der Waals surface area (Å²) in [5, 5.41) is 6.53. The molecule has 2 rings (SSSR count). The van der Waals surface area contributed by atoms with E-state index in [0.717, 1.165) is 39.1 Å². The minimum atomic E-state index is 0.202. The number of hydrogen-bond donors (Lipinski definition) is 2. The van der Waals surface area contributed by atoms with Crippen LogP contribution in [0.15, 0.2) is 0 Å². The molecular weight excluding hydrogens is 238 g/mol. The molecule has 0 aromatic carbocycles. The van der Waals surface area contributed by atoms with Gasteiger partial charge in [0.2, 0.25) is 5.91 Å². The Morgan fingerprint density at radius 1 is 1.16 bits per heavy atom. The molecule has 1 saturated heterocycles. The van der Waals surface area contributed by atoms with Gasteiger partial charge in [0.15, 0.2) is 0 Å². The van der Waals surface area contributed by atoms with Crippen LogP contribution in [-0.4, -0.2) is 50.1 Å². The molecule has 19 heavy (non-hydrogen) atoms. The van der Waals surface area contributed by atoms with Crippen LogP contribution in [0.1, 0.15) is 45.4 Å². The third-order valence-corrected chi connectivity index (χ3v) is 4.57. The van der Waals surface area contributed by atoms with Crippen molar-refractivity contribution in [3.8, 4) is 0 Å². The van der Waals surface area contributed by atoms with E-state index in [-0.39, 0.29) is 5.91 Å². The van der Waals surface area contributed by atoms with Gasteiger partial charge in [-0.3, -0.25) is 9.69 Å². The van der Waals surface area contributed by atoms with Gasteiger partial charge >= 0.3 is 0 Å². The highest BCUT2D eigenvalue weighted by Crippen LogP contribution is 2.34. The van der Waals surface area contributed by atoms with E-state index < -0.39 is 0 Å². The fourth-order valence-electron chi connectivity index (χ4n) is 3.21. The molecule has 1 saturated carbocycles. The maximum Gasteiger partial charge on any atom is 0.234 e. The zero-order valence-corrected chi connectivity index (χ0v) is 12.3. The molecule has 110 valence electrons. The smallest absolute Gasteiger partial charge is 0.234 e. The highest BCUT2D eigenvalue weighted by Gasteiger charge is 2.27. The van der Waals surface area contributed by atoms with Crippen LogP contribution < -0.4 is 10.6 Å². The van der Waals surface area contributed by atoms with Gasteiger partial charge in [-0.15, -0.1) is 0 Å². The lowest BCUT2D eigenvalue weighted by molar-refractivity contribution is -0.122. The zero-order valence-electron chi connectivity index (χ0n) is 12.3. The Morgan fingerprint density at radius 2 is 1.95 bits per heavy atom. The molecule has 2 N–H and O–H groups in total. The van der Waals surface area contributed by atoms with E-state index in [1.165, 1.54) is 32.1 Å². The van der Waals surface area contributed by atoms with Crippen LogP contribution in [0.4, 0.5) is 0 Å². The first-order chi connectivity index (χ1) is 9.18. The number of amides is 1. The Kier molecular flexibility index (Phi) is 5.64. The molecule has 0 unspecified atom stereocenters. The van der Waals surface area contributed by atoms with Gasteiger partial charge in [0.1, 0.15) is 0 Å². The Hall–Kier alpha value is -0.610. The first-order valence-corrected chi connectivity index (χ1v) is 7.88. The predicted molar refractivity (Wildman–Crippen MR) is 78.1 cm³/mol. The van der Waals surface area contributed by atoms with E-state index in [0.29, 0.717) is 12.0 Å². The summed E-state index contributed by atoms with van der Waals surface area (Å²) >= 11 is 0. The van der Waals surface area contributed by atoms with Crippen molar-refractivity contribution in [2.24, 2.45) is 5.41 Å².